The van der Waals surface area contributed by atoms with Gasteiger partial charge >= 0.3 is 6.18 Å². The van der Waals surface area contributed by atoms with Gasteiger partial charge in [-0.2, -0.15) is 13.2 Å². The van der Waals surface area contributed by atoms with Gasteiger partial charge < -0.3 is 4.74 Å². The number of nitrogens with zero attached hydrogens (tertiary/aromatic N) is 1. The molecule has 0 spiro atoms. The third-order valence-electron chi connectivity index (χ3n) is 6.21. The number of hydrogen-bond acceptors (Lipinski definition) is 2. The summed E-state index contributed by atoms with van der Waals surface area (Å²) in [5.41, 5.74) is 2.45. The van der Waals surface area contributed by atoms with Crippen molar-refractivity contribution in [3.05, 3.63) is 77.4 Å². The van der Waals surface area contributed by atoms with E-state index in [1.54, 1.807) is 19.2 Å². The van der Waals surface area contributed by atoms with Gasteiger partial charge in [0.2, 0.25) is 0 Å². The lowest BCUT2D eigenvalue weighted by Crippen LogP contribution is -2.48. The summed E-state index contributed by atoms with van der Waals surface area (Å²) in [5.74, 6) is 0.816. The first-order valence-corrected chi connectivity index (χ1v) is 9.56. The smallest absolute Gasteiger partial charge is 0.416 e. The molecule has 0 unspecified atom stereocenters. The molecule has 0 N–H and O–H groups in total. The molecule has 2 saturated heterocycles. The molecule has 2 aliphatic rings. The minimum Gasteiger partial charge on any atom is -0.497 e. The van der Waals surface area contributed by atoms with Crippen molar-refractivity contribution in [1.29, 1.82) is 0 Å². The highest BCUT2D eigenvalue weighted by Gasteiger charge is 2.50. The summed E-state index contributed by atoms with van der Waals surface area (Å²) in [7, 11) is 1.64. The number of benzene rings is 2. The highest BCUT2D eigenvalue weighted by Crippen LogP contribution is 2.52. The van der Waals surface area contributed by atoms with Crippen molar-refractivity contribution in [2.75, 3.05) is 7.11 Å². The Morgan fingerprint density at radius 3 is 2.39 bits per heavy atom. The molecule has 0 amide bonds. The summed E-state index contributed by atoms with van der Waals surface area (Å²) in [6, 6.07) is 14.1. The summed E-state index contributed by atoms with van der Waals surface area (Å²) in [5, 5.41) is 0. The number of rotatable bonds is 4. The third-order valence-corrected chi connectivity index (χ3v) is 6.21. The standard InChI is InChI=1S/C23H24F3NO/c1-16-13-20-11-12-22(14-16,18-5-7-19(8-6-18)23(24,25)26)27(20)15-17-3-9-21(28-2)10-4-17/h3-10,20H,1,11-15H2,2H3/t20-,22+/m1/s1. The predicted molar refractivity (Wildman–Crippen MR) is 103 cm³/mol. The van der Waals surface area contributed by atoms with Crippen LogP contribution in [0.15, 0.2) is 60.7 Å². The second-order valence-corrected chi connectivity index (χ2v) is 7.91. The van der Waals surface area contributed by atoms with Crippen LogP contribution in [0, 0.1) is 0 Å². The van der Waals surface area contributed by atoms with Crippen LogP contribution in [0.2, 0.25) is 0 Å². The van der Waals surface area contributed by atoms with E-state index in [1.165, 1.54) is 23.3 Å². The van der Waals surface area contributed by atoms with Crippen molar-refractivity contribution < 1.29 is 17.9 Å². The monoisotopic (exact) mass is 387 g/mol. The first kappa shape index (κ1) is 19.1. The summed E-state index contributed by atoms with van der Waals surface area (Å²) in [4.78, 5) is 2.48. The van der Waals surface area contributed by atoms with Crippen LogP contribution in [0.1, 0.15) is 42.4 Å². The lowest BCUT2D eigenvalue weighted by atomic mass is 9.79. The molecule has 28 heavy (non-hydrogen) atoms. The number of hydrogen-bond donors (Lipinski definition) is 0. The van der Waals surface area contributed by atoms with E-state index in [0.29, 0.717) is 6.04 Å². The van der Waals surface area contributed by atoms with Crippen LogP contribution in [0.25, 0.3) is 0 Å². The average Bonchev–Trinajstić information content (AvgIpc) is 2.89. The SMILES string of the molecule is C=C1C[C@H]2CC[C@@](c3ccc(C(F)(F)F)cc3)(C1)N2Cc1ccc(OC)cc1. The van der Waals surface area contributed by atoms with Crippen LogP contribution in [0.4, 0.5) is 13.2 Å². The van der Waals surface area contributed by atoms with E-state index in [2.05, 4.69) is 23.6 Å². The number of ether oxygens (including phenoxy) is 1. The van der Waals surface area contributed by atoms with Crippen LogP contribution in [0.5, 0.6) is 5.75 Å². The molecule has 0 saturated carbocycles. The van der Waals surface area contributed by atoms with Gasteiger partial charge in [-0.25, -0.2) is 0 Å². The molecular formula is C23H24F3NO. The molecule has 0 aliphatic carbocycles. The third kappa shape index (κ3) is 3.32. The lowest BCUT2D eigenvalue weighted by molar-refractivity contribution is -0.137. The zero-order valence-electron chi connectivity index (χ0n) is 15.9. The number of halogens is 3. The second kappa shape index (κ2) is 6.96. The van der Waals surface area contributed by atoms with E-state index in [9.17, 15) is 13.2 Å². The fourth-order valence-electron chi connectivity index (χ4n) is 4.87. The Balaban J connectivity index is 1.67. The zero-order chi connectivity index (χ0) is 19.9. The maximum atomic E-state index is 13.0. The van der Waals surface area contributed by atoms with E-state index in [4.69, 9.17) is 4.74 Å². The number of alkyl halides is 3. The van der Waals surface area contributed by atoms with E-state index >= 15 is 0 Å². The molecule has 2 aromatic carbocycles. The molecule has 4 rings (SSSR count). The Hall–Kier alpha value is -2.27. The van der Waals surface area contributed by atoms with E-state index in [-0.39, 0.29) is 5.54 Å². The second-order valence-electron chi connectivity index (χ2n) is 7.91. The van der Waals surface area contributed by atoms with Gasteiger partial charge in [0.05, 0.1) is 18.2 Å². The van der Waals surface area contributed by atoms with Crippen LogP contribution in [-0.4, -0.2) is 18.1 Å². The fourth-order valence-corrected chi connectivity index (χ4v) is 4.87. The Kier molecular flexibility index (Phi) is 4.74. The van der Waals surface area contributed by atoms with Gasteiger partial charge in [-0.3, -0.25) is 4.90 Å². The first-order chi connectivity index (χ1) is 13.3. The zero-order valence-corrected chi connectivity index (χ0v) is 15.9. The Labute approximate surface area is 163 Å². The normalized spacial score (nSPS) is 25.1. The van der Waals surface area contributed by atoms with E-state index in [1.807, 2.05) is 12.1 Å². The molecular weight excluding hydrogens is 363 g/mol. The maximum absolute atomic E-state index is 13.0. The van der Waals surface area contributed by atoms with Crippen molar-refractivity contribution in [3.63, 3.8) is 0 Å². The average molecular weight is 387 g/mol. The molecule has 148 valence electrons. The van der Waals surface area contributed by atoms with Crippen molar-refractivity contribution >= 4 is 0 Å². The fraction of sp³-hybridized carbons (Fsp3) is 0.391. The van der Waals surface area contributed by atoms with Crippen molar-refractivity contribution in [2.45, 2.75) is 50.0 Å². The molecule has 2 atom stereocenters. The number of fused-ring (bicyclic) bond motifs is 2. The molecule has 0 aromatic heterocycles. The molecule has 2 aromatic rings. The van der Waals surface area contributed by atoms with Gasteiger partial charge in [0, 0.05) is 12.6 Å². The van der Waals surface area contributed by atoms with Crippen LogP contribution in [-0.2, 0) is 18.3 Å². The highest BCUT2D eigenvalue weighted by molar-refractivity contribution is 5.36. The number of piperidine rings is 1. The summed E-state index contributed by atoms with van der Waals surface area (Å²) < 4.78 is 44.2. The van der Waals surface area contributed by atoms with Gasteiger partial charge in [0.15, 0.2) is 0 Å². The van der Waals surface area contributed by atoms with Crippen LogP contribution in [0.3, 0.4) is 0 Å². The van der Waals surface area contributed by atoms with Gasteiger partial charge in [-0.05, 0) is 61.1 Å². The largest absolute Gasteiger partial charge is 0.497 e. The van der Waals surface area contributed by atoms with Gasteiger partial charge in [0.25, 0.3) is 0 Å². The molecule has 2 nitrogen and oxygen atoms in total. The van der Waals surface area contributed by atoms with Crippen LogP contribution >= 0.6 is 0 Å². The van der Waals surface area contributed by atoms with Gasteiger partial charge in [0.1, 0.15) is 5.75 Å². The Morgan fingerprint density at radius 1 is 1.11 bits per heavy atom. The van der Waals surface area contributed by atoms with Crippen molar-refractivity contribution in [2.24, 2.45) is 0 Å². The lowest BCUT2D eigenvalue weighted by Gasteiger charge is -2.46. The molecule has 2 aliphatic heterocycles. The molecule has 2 bridgehead atoms. The minimum atomic E-state index is -4.31. The van der Waals surface area contributed by atoms with Crippen molar-refractivity contribution in [1.82, 2.24) is 4.90 Å². The maximum Gasteiger partial charge on any atom is 0.416 e. The van der Waals surface area contributed by atoms with E-state index < -0.39 is 11.7 Å². The molecule has 0 radical (unpaired) electrons. The molecule has 5 heteroatoms. The first-order valence-electron chi connectivity index (χ1n) is 9.56. The van der Waals surface area contributed by atoms with Crippen molar-refractivity contribution in [3.8, 4) is 5.75 Å². The highest BCUT2D eigenvalue weighted by atomic mass is 19.4. The topological polar surface area (TPSA) is 12.5 Å². The summed E-state index contributed by atoms with van der Waals surface area (Å²) in [6.45, 7) is 4.99. The summed E-state index contributed by atoms with van der Waals surface area (Å²) in [6.07, 6.45) is -0.578. The summed E-state index contributed by atoms with van der Waals surface area (Å²) >= 11 is 0. The predicted octanol–water partition coefficient (Wildman–Crippen LogP) is 5.92. The van der Waals surface area contributed by atoms with E-state index in [0.717, 1.165) is 43.5 Å². The Bertz CT molecular complexity index is 857. The quantitative estimate of drug-likeness (QED) is 0.604. The van der Waals surface area contributed by atoms with Gasteiger partial charge in [-0.15, -0.1) is 0 Å². The molecule has 2 fully saturated rings. The minimum absolute atomic E-state index is 0.274. The van der Waals surface area contributed by atoms with Gasteiger partial charge in [-0.1, -0.05) is 36.4 Å². The number of methoxy groups -OCH3 is 1. The Morgan fingerprint density at radius 2 is 1.79 bits per heavy atom. The van der Waals surface area contributed by atoms with Crippen LogP contribution < -0.4 is 4.74 Å². The molecule has 2 heterocycles.